The average Bonchev–Trinajstić information content (AvgIpc) is 3.03. The number of aromatic nitrogens is 2. The fourth-order valence-corrected chi connectivity index (χ4v) is 2.37. The molecule has 0 spiro atoms. The molecule has 0 aliphatic rings. The molecular weight excluding hydrogens is 320 g/mol. The number of rotatable bonds is 4. The number of hydrogen-bond donors (Lipinski definition) is 3. The first-order valence-corrected chi connectivity index (χ1v) is 7.83. The van der Waals surface area contributed by atoms with Gasteiger partial charge in [0.15, 0.2) is 5.11 Å². The number of thiocarbonyl (C=S) groups is 1. The van der Waals surface area contributed by atoms with Crippen molar-refractivity contribution in [2.24, 2.45) is 5.10 Å². The van der Waals surface area contributed by atoms with Crippen molar-refractivity contribution in [1.29, 1.82) is 0 Å². The van der Waals surface area contributed by atoms with Crippen LogP contribution in [0.4, 0.5) is 11.4 Å². The molecule has 3 N–H and O–H groups in total. The van der Waals surface area contributed by atoms with Crippen LogP contribution in [0.25, 0.3) is 10.9 Å². The van der Waals surface area contributed by atoms with Gasteiger partial charge in [0.1, 0.15) is 0 Å². The molecule has 0 aliphatic carbocycles. The molecule has 0 atom stereocenters. The van der Waals surface area contributed by atoms with Gasteiger partial charge in [-0.2, -0.15) is 10.2 Å². The molecule has 3 rings (SSSR count). The third-order valence-corrected chi connectivity index (χ3v) is 3.68. The maximum atomic E-state index is 5.24. The van der Waals surface area contributed by atoms with E-state index < -0.39 is 0 Å². The number of hydrazone groups is 1. The molecule has 7 heteroatoms. The van der Waals surface area contributed by atoms with E-state index in [4.69, 9.17) is 12.2 Å². The molecule has 0 amide bonds. The van der Waals surface area contributed by atoms with Gasteiger partial charge in [-0.25, -0.2) is 0 Å². The molecule has 0 fully saturated rings. The van der Waals surface area contributed by atoms with Crippen LogP contribution in [0, 0.1) is 0 Å². The zero-order valence-corrected chi connectivity index (χ0v) is 14.3. The molecular formula is C17H18N6S. The first kappa shape index (κ1) is 15.9. The summed E-state index contributed by atoms with van der Waals surface area (Å²) in [5.74, 6) is 0. The van der Waals surface area contributed by atoms with Crippen LogP contribution in [0.15, 0.2) is 53.8 Å². The van der Waals surface area contributed by atoms with E-state index >= 15 is 0 Å². The van der Waals surface area contributed by atoms with Gasteiger partial charge in [0.05, 0.1) is 17.9 Å². The lowest BCUT2D eigenvalue weighted by Gasteiger charge is -2.11. The molecule has 1 heterocycles. The molecule has 0 bridgehead atoms. The Morgan fingerprint density at radius 2 is 2.00 bits per heavy atom. The molecule has 122 valence electrons. The van der Waals surface area contributed by atoms with Crippen LogP contribution in [0.2, 0.25) is 0 Å². The van der Waals surface area contributed by atoms with Gasteiger partial charge in [-0.05, 0) is 48.1 Å². The highest BCUT2D eigenvalue weighted by Crippen LogP contribution is 2.16. The van der Waals surface area contributed by atoms with Crippen LogP contribution in [0.3, 0.4) is 0 Å². The van der Waals surface area contributed by atoms with Gasteiger partial charge < -0.3 is 10.2 Å². The van der Waals surface area contributed by atoms with Gasteiger partial charge in [0.25, 0.3) is 0 Å². The molecule has 0 radical (unpaired) electrons. The van der Waals surface area contributed by atoms with Gasteiger partial charge in [-0.1, -0.05) is 12.1 Å². The topological polar surface area (TPSA) is 68.3 Å². The van der Waals surface area contributed by atoms with Crippen LogP contribution in [-0.2, 0) is 0 Å². The number of nitrogens with zero attached hydrogens (tertiary/aromatic N) is 3. The predicted molar refractivity (Wildman–Crippen MR) is 104 cm³/mol. The first-order valence-electron chi connectivity index (χ1n) is 7.42. The Labute approximate surface area is 145 Å². The second-order valence-electron chi connectivity index (χ2n) is 5.48. The van der Waals surface area contributed by atoms with E-state index in [2.05, 4.69) is 30.9 Å². The number of anilines is 2. The molecule has 3 aromatic rings. The van der Waals surface area contributed by atoms with Crippen molar-refractivity contribution in [2.75, 3.05) is 24.3 Å². The minimum absolute atomic E-state index is 0.426. The summed E-state index contributed by atoms with van der Waals surface area (Å²) in [6.07, 6.45) is 3.51. The molecule has 2 aromatic carbocycles. The molecule has 6 nitrogen and oxygen atoms in total. The van der Waals surface area contributed by atoms with E-state index in [9.17, 15) is 0 Å². The second-order valence-corrected chi connectivity index (χ2v) is 5.89. The minimum Gasteiger partial charge on any atom is -0.378 e. The Balaban J connectivity index is 1.56. The molecule has 0 saturated carbocycles. The number of H-pyrrole nitrogens is 1. The van der Waals surface area contributed by atoms with E-state index in [-0.39, 0.29) is 0 Å². The van der Waals surface area contributed by atoms with Gasteiger partial charge in [0.2, 0.25) is 0 Å². The first-order chi connectivity index (χ1) is 11.6. The van der Waals surface area contributed by atoms with E-state index in [1.54, 1.807) is 12.4 Å². The number of hydrogen-bond acceptors (Lipinski definition) is 4. The fourth-order valence-electron chi connectivity index (χ4n) is 2.20. The lowest BCUT2D eigenvalue weighted by molar-refractivity contribution is 1.05. The molecule has 0 saturated heterocycles. The van der Waals surface area contributed by atoms with Crippen molar-refractivity contribution in [1.82, 2.24) is 15.6 Å². The third-order valence-electron chi connectivity index (χ3n) is 3.49. The maximum absolute atomic E-state index is 5.24. The van der Waals surface area contributed by atoms with Crippen molar-refractivity contribution in [3.8, 4) is 0 Å². The van der Waals surface area contributed by atoms with Gasteiger partial charge in [-0.15, -0.1) is 0 Å². The largest absolute Gasteiger partial charge is 0.378 e. The lowest BCUT2D eigenvalue weighted by Crippen LogP contribution is -2.23. The van der Waals surface area contributed by atoms with Gasteiger partial charge in [-0.3, -0.25) is 10.5 Å². The number of nitrogens with one attached hydrogen (secondary N) is 3. The number of aromatic amines is 1. The summed E-state index contributed by atoms with van der Waals surface area (Å²) in [6.45, 7) is 0. The average molecular weight is 338 g/mol. The summed E-state index contributed by atoms with van der Waals surface area (Å²) in [5.41, 5.74) is 6.77. The Morgan fingerprint density at radius 3 is 2.75 bits per heavy atom. The summed E-state index contributed by atoms with van der Waals surface area (Å²) < 4.78 is 0. The summed E-state index contributed by atoms with van der Waals surface area (Å²) in [4.78, 5) is 2.05. The second kappa shape index (κ2) is 7.10. The van der Waals surface area contributed by atoms with Crippen LogP contribution in [0.1, 0.15) is 5.56 Å². The molecule has 0 unspecified atom stereocenters. The smallest absolute Gasteiger partial charge is 0.191 e. The Morgan fingerprint density at radius 1 is 1.21 bits per heavy atom. The predicted octanol–water partition coefficient (Wildman–Crippen LogP) is 2.95. The number of fused-ring (bicyclic) bond motifs is 1. The van der Waals surface area contributed by atoms with Gasteiger partial charge >= 0.3 is 0 Å². The summed E-state index contributed by atoms with van der Waals surface area (Å²) in [5, 5.41) is 15.6. The molecule has 0 aliphatic heterocycles. The highest BCUT2D eigenvalue weighted by Gasteiger charge is 2.00. The highest BCUT2D eigenvalue weighted by atomic mass is 32.1. The van der Waals surface area contributed by atoms with Crippen LogP contribution >= 0.6 is 12.2 Å². The summed E-state index contributed by atoms with van der Waals surface area (Å²) in [7, 11) is 4.02. The van der Waals surface area contributed by atoms with E-state index in [0.29, 0.717) is 5.11 Å². The van der Waals surface area contributed by atoms with E-state index in [0.717, 1.165) is 27.8 Å². The SMILES string of the molecule is CN(C)c1ccc(/C=N\NC(=S)Nc2ccc3cn[nH]c3c2)cc1. The van der Waals surface area contributed by atoms with Crippen LogP contribution < -0.4 is 15.6 Å². The Kier molecular flexibility index (Phi) is 4.72. The quantitative estimate of drug-likeness (QED) is 0.388. The molecule has 1 aromatic heterocycles. The molecule has 24 heavy (non-hydrogen) atoms. The van der Waals surface area contributed by atoms with Crippen molar-refractivity contribution in [3.05, 3.63) is 54.2 Å². The Hall–Kier alpha value is -2.93. The zero-order valence-electron chi connectivity index (χ0n) is 13.4. The lowest BCUT2D eigenvalue weighted by atomic mass is 10.2. The van der Waals surface area contributed by atoms with Crippen molar-refractivity contribution in [2.45, 2.75) is 0 Å². The standard InChI is InChI=1S/C17H18N6S/c1-23(2)15-7-3-12(4-8-15)10-18-22-17(24)20-14-6-5-13-11-19-21-16(13)9-14/h3-11H,1-2H3,(H,19,21)(H2,20,22,24)/b18-10-. The number of benzene rings is 2. The zero-order chi connectivity index (χ0) is 16.9. The van der Waals surface area contributed by atoms with Crippen molar-refractivity contribution >= 4 is 45.8 Å². The van der Waals surface area contributed by atoms with Crippen molar-refractivity contribution < 1.29 is 0 Å². The third kappa shape index (κ3) is 3.88. The van der Waals surface area contributed by atoms with Crippen LogP contribution in [-0.4, -0.2) is 35.6 Å². The Bertz CT molecular complexity index is 866. The minimum atomic E-state index is 0.426. The van der Waals surface area contributed by atoms with E-state index in [1.165, 1.54) is 0 Å². The highest BCUT2D eigenvalue weighted by molar-refractivity contribution is 7.80. The maximum Gasteiger partial charge on any atom is 0.191 e. The van der Waals surface area contributed by atoms with Crippen molar-refractivity contribution in [3.63, 3.8) is 0 Å². The summed E-state index contributed by atoms with van der Waals surface area (Å²) >= 11 is 5.24. The summed E-state index contributed by atoms with van der Waals surface area (Å²) in [6, 6.07) is 13.9. The normalized spacial score (nSPS) is 10.9. The van der Waals surface area contributed by atoms with Gasteiger partial charge in [0, 0.05) is 30.9 Å². The fraction of sp³-hybridized carbons (Fsp3) is 0.118. The monoisotopic (exact) mass is 338 g/mol. The van der Waals surface area contributed by atoms with Crippen LogP contribution in [0.5, 0.6) is 0 Å². The van der Waals surface area contributed by atoms with E-state index in [1.807, 2.05) is 56.6 Å².